The Morgan fingerprint density at radius 1 is 1.46 bits per heavy atom. The van der Waals surface area contributed by atoms with Crippen molar-refractivity contribution in [2.24, 2.45) is 0 Å². The quantitative estimate of drug-likeness (QED) is 0.568. The Kier molecular flexibility index (Phi) is 1.76. The lowest BCUT2D eigenvalue weighted by molar-refractivity contribution is 0.0989. The van der Waals surface area contributed by atoms with E-state index in [0.717, 1.165) is 11.3 Å². The van der Waals surface area contributed by atoms with Crippen molar-refractivity contribution in [3.63, 3.8) is 0 Å². The molecule has 0 unspecified atom stereocenters. The second-order valence-electron chi connectivity index (χ2n) is 2.81. The van der Waals surface area contributed by atoms with Crippen molar-refractivity contribution >= 4 is 11.5 Å². The number of hydrogen-bond donors (Lipinski definition) is 2. The standard InChI is InChI=1S/C10H8N2O/c1-2-7-3-4-8-9(5-7)12-11-6-10(8)13/h1,3-5,11-12H,6H2. The minimum atomic E-state index is 0.0809. The van der Waals surface area contributed by atoms with Gasteiger partial charge in [-0.3, -0.25) is 4.79 Å². The van der Waals surface area contributed by atoms with Gasteiger partial charge in [-0.2, -0.15) is 0 Å². The van der Waals surface area contributed by atoms with Crippen molar-refractivity contribution in [2.45, 2.75) is 0 Å². The molecule has 1 aromatic carbocycles. The Hall–Kier alpha value is -1.79. The number of hydrogen-bond acceptors (Lipinski definition) is 3. The molecule has 3 nitrogen and oxygen atoms in total. The number of benzene rings is 1. The van der Waals surface area contributed by atoms with E-state index in [0.29, 0.717) is 12.1 Å². The van der Waals surface area contributed by atoms with Gasteiger partial charge < -0.3 is 5.43 Å². The first-order valence-electron chi connectivity index (χ1n) is 3.94. The molecule has 0 aromatic heterocycles. The third-order valence-corrected chi connectivity index (χ3v) is 1.96. The number of carbonyl (C=O) groups is 1. The molecule has 3 heteroatoms. The van der Waals surface area contributed by atoms with Crippen LogP contribution < -0.4 is 10.9 Å². The van der Waals surface area contributed by atoms with E-state index in [1.54, 1.807) is 18.2 Å². The van der Waals surface area contributed by atoms with Gasteiger partial charge in [-0.1, -0.05) is 5.92 Å². The van der Waals surface area contributed by atoms with Crippen molar-refractivity contribution in [3.05, 3.63) is 29.3 Å². The van der Waals surface area contributed by atoms with Crippen molar-refractivity contribution in [1.29, 1.82) is 0 Å². The normalized spacial score (nSPS) is 14.2. The molecule has 0 bridgehead atoms. The van der Waals surface area contributed by atoms with Crippen LogP contribution in [0.1, 0.15) is 15.9 Å². The molecule has 0 radical (unpaired) electrons. The highest BCUT2D eigenvalue weighted by atomic mass is 16.1. The van der Waals surface area contributed by atoms with E-state index >= 15 is 0 Å². The van der Waals surface area contributed by atoms with Gasteiger partial charge in [-0.15, -0.1) is 6.42 Å². The van der Waals surface area contributed by atoms with Gasteiger partial charge >= 0.3 is 0 Å². The second-order valence-corrected chi connectivity index (χ2v) is 2.81. The molecule has 2 N–H and O–H groups in total. The highest BCUT2D eigenvalue weighted by Crippen LogP contribution is 2.19. The lowest BCUT2D eigenvalue weighted by Crippen LogP contribution is -2.34. The minimum absolute atomic E-state index is 0.0809. The molecule has 1 aliphatic heterocycles. The molecule has 64 valence electrons. The molecule has 0 atom stereocenters. The van der Waals surface area contributed by atoms with Crippen LogP contribution in [0.5, 0.6) is 0 Å². The predicted molar refractivity (Wildman–Crippen MR) is 50.3 cm³/mol. The number of terminal acetylenes is 1. The van der Waals surface area contributed by atoms with Gasteiger partial charge in [0.05, 0.1) is 12.2 Å². The first kappa shape index (κ1) is 7.84. The maximum Gasteiger partial charge on any atom is 0.180 e. The van der Waals surface area contributed by atoms with E-state index in [1.807, 2.05) is 0 Å². The molecule has 13 heavy (non-hydrogen) atoms. The number of nitrogens with one attached hydrogen (secondary N) is 2. The zero-order valence-corrected chi connectivity index (χ0v) is 6.92. The van der Waals surface area contributed by atoms with Crippen LogP contribution in [0.2, 0.25) is 0 Å². The summed E-state index contributed by atoms with van der Waals surface area (Å²) in [5, 5.41) is 0. The van der Waals surface area contributed by atoms with E-state index in [-0.39, 0.29) is 5.78 Å². The molecule has 1 aliphatic rings. The monoisotopic (exact) mass is 172 g/mol. The van der Waals surface area contributed by atoms with Crippen molar-refractivity contribution in [3.8, 4) is 12.3 Å². The fourth-order valence-electron chi connectivity index (χ4n) is 1.30. The van der Waals surface area contributed by atoms with Crippen LogP contribution in [0, 0.1) is 12.3 Å². The number of hydrazine groups is 1. The van der Waals surface area contributed by atoms with Crippen LogP contribution >= 0.6 is 0 Å². The van der Waals surface area contributed by atoms with E-state index in [2.05, 4.69) is 16.8 Å². The summed E-state index contributed by atoms with van der Waals surface area (Å²) in [5.74, 6) is 2.59. The summed E-state index contributed by atoms with van der Waals surface area (Å²) >= 11 is 0. The van der Waals surface area contributed by atoms with Gasteiger partial charge in [0, 0.05) is 11.1 Å². The highest BCUT2D eigenvalue weighted by molar-refractivity contribution is 6.04. The van der Waals surface area contributed by atoms with Gasteiger partial charge in [-0.25, -0.2) is 5.43 Å². The average Bonchev–Trinajstić information content (AvgIpc) is 2.18. The maximum absolute atomic E-state index is 11.3. The summed E-state index contributed by atoms with van der Waals surface area (Å²) in [5.41, 5.74) is 7.89. The largest absolute Gasteiger partial charge is 0.320 e. The number of carbonyl (C=O) groups excluding carboxylic acids is 1. The van der Waals surface area contributed by atoms with E-state index in [9.17, 15) is 4.79 Å². The molecule has 0 aliphatic carbocycles. The molecule has 0 amide bonds. The van der Waals surface area contributed by atoms with Crippen LogP contribution in [0.25, 0.3) is 0 Å². The molecule has 1 heterocycles. The Balaban J connectivity index is 2.53. The summed E-state index contributed by atoms with van der Waals surface area (Å²) in [7, 11) is 0. The number of Topliss-reactive ketones (excluding diaryl/α,β-unsaturated/α-hetero) is 1. The summed E-state index contributed by atoms with van der Waals surface area (Å²) in [4.78, 5) is 11.3. The van der Waals surface area contributed by atoms with Crippen LogP contribution in [0.3, 0.4) is 0 Å². The maximum atomic E-state index is 11.3. The topological polar surface area (TPSA) is 41.1 Å². The fourth-order valence-corrected chi connectivity index (χ4v) is 1.30. The number of fused-ring (bicyclic) bond motifs is 1. The van der Waals surface area contributed by atoms with Crippen LogP contribution in [0.15, 0.2) is 18.2 Å². The molecule has 1 aromatic rings. The average molecular weight is 172 g/mol. The van der Waals surface area contributed by atoms with Gasteiger partial charge in [-0.05, 0) is 18.2 Å². The Morgan fingerprint density at radius 2 is 2.31 bits per heavy atom. The minimum Gasteiger partial charge on any atom is -0.320 e. The molecule has 0 fully saturated rings. The first-order chi connectivity index (χ1) is 6.31. The SMILES string of the molecule is C#Cc1ccc2c(c1)NNCC2=O. The summed E-state index contributed by atoms with van der Waals surface area (Å²) < 4.78 is 0. The zero-order chi connectivity index (χ0) is 9.26. The molecule has 0 saturated heterocycles. The van der Waals surface area contributed by atoms with Crippen molar-refractivity contribution < 1.29 is 4.79 Å². The summed E-state index contributed by atoms with van der Waals surface area (Å²) in [6, 6.07) is 5.30. The van der Waals surface area contributed by atoms with E-state index < -0.39 is 0 Å². The lowest BCUT2D eigenvalue weighted by atomic mass is 10.0. The van der Waals surface area contributed by atoms with Crippen LogP contribution in [0.4, 0.5) is 5.69 Å². The second kappa shape index (κ2) is 2.92. The molecular weight excluding hydrogens is 164 g/mol. The van der Waals surface area contributed by atoms with Gasteiger partial charge in [0.15, 0.2) is 5.78 Å². The smallest absolute Gasteiger partial charge is 0.180 e. The van der Waals surface area contributed by atoms with Gasteiger partial charge in [0.25, 0.3) is 0 Å². The van der Waals surface area contributed by atoms with Crippen LogP contribution in [-0.2, 0) is 0 Å². The molecule has 2 rings (SSSR count). The summed E-state index contributed by atoms with van der Waals surface area (Å²) in [6.45, 7) is 0.322. The van der Waals surface area contributed by atoms with Crippen molar-refractivity contribution in [2.75, 3.05) is 12.0 Å². The number of anilines is 1. The first-order valence-corrected chi connectivity index (χ1v) is 3.94. The Morgan fingerprint density at radius 3 is 3.08 bits per heavy atom. The highest BCUT2D eigenvalue weighted by Gasteiger charge is 2.15. The molecule has 0 spiro atoms. The Bertz CT molecular complexity index is 404. The zero-order valence-electron chi connectivity index (χ0n) is 6.92. The van der Waals surface area contributed by atoms with Gasteiger partial charge in [0.2, 0.25) is 0 Å². The predicted octanol–water partition coefficient (Wildman–Crippen LogP) is 0.781. The van der Waals surface area contributed by atoms with E-state index in [4.69, 9.17) is 6.42 Å². The number of ketones is 1. The fraction of sp³-hybridized carbons (Fsp3) is 0.100. The summed E-state index contributed by atoms with van der Waals surface area (Å²) in [6.07, 6.45) is 5.23. The van der Waals surface area contributed by atoms with Gasteiger partial charge in [0.1, 0.15) is 0 Å². The molecular formula is C10H8N2O. The number of rotatable bonds is 0. The third kappa shape index (κ3) is 1.28. The third-order valence-electron chi connectivity index (χ3n) is 1.96. The van der Waals surface area contributed by atoms with Crippen LogP contribution in [-0.4, -0.2) is 12.3 Å². The Labute approximate surface area is 76.1 Å². The van der Waals surface area contributed by atoms with E-state index in [1.165, 1.54) is 0 Å². The molecule has 0 saturated carbocycles. The lowest BCUT2D eigenvalue weighted by Gasteiger charge is -2.17. The van der Waals surface area contributed by atoms with Crippen molar-refractivity contribution in [1.82, 2.24) is 5.43 Å².